The van der Waals surface area contributed by atoms with E-state index in [-0.39, 0.29) is 6.03 Å². The van der Waals surface area contributed by atoms with Gasteiger partial charge in [-0.2, -0.15) is 0 Å². The molecule has 0 bridgehead atoms. The second-order valence-electron chi connectivity index (χ2n) is 5.92. The number of carbonyl (C=O) groups excluding carboxylic acids is 1. The summed E-state index contributed by atoms with van der Waals surface area (Å²) in [5, 5.41) is 6.11. The Morgan fingerprint density at radius 2 is 1.95 bits per heavy atom. The van der Waals surface area contributed by atoms with Crippen molar-refractivity contribution in [1.82, 2.24) is 20.1 Å². The number of hydrogen-bond acceptors (Lipinski definition) is 5. The van der Waals surface area contributed by atoms with Gasteiger partial charge in [0.05, 0.1) is 0 Å². The first-order valence-corrected chi connectivity index (χ1v) is 9.10. The van der Waals surface area contributed by atoms with Gasteiger partial charge in [0.25, 0.3) is 0 Å². The molecule has 22 heavy (non-hydrogen) atoms. The molecule has 3 rings (SSSR count). The molecule has 0 saturated carbocycles. The highest BCUT2D eigenvalue weighted by Gasteiger charge is 2.22. The number of nitrogens with one attached hydrogen (secondary N) is 1. The van der Waals surface area contributed by atoms with Crippen LogP contribution in [0.4, 0.5) is 9.93 Å². The molecule has 2 saturated heterocycles. The summed E-state index contributed by atoms with van der Waals surface area (Å²) < 4.78 is 0. The van der Waals surface area contributed by atoms with Crippen LogP contribution in [0.25, 0.3) is 0 Å². The van der Waals surface area contributed by atoms with Gasteiger partial charge in [-0.25, -0.2) is 9.78 Å². The first-order chi connectivity index (χ1) is 10.8. The van der Waals surface area contributed by atoms with E-state index in [1.807, 2.05) is 16.5 Å². The van der Waals surface area contributed by atoms with E-state index in [0.29, 0.717) is 0 Å². The predicted octanol–water partition coefficient (Wildman–Crippen LogP) is 1.46. The minimum atomic E-state index is 0.0835. The van der Waals surface area contributed by atoms with Crippen LogP contribution < -0.4 is 10.2 Å². The minimum Gasteiger partial charge on any atom is -0.345 e. The molecule has 2 amide bonds. The molecule has 1 aromatic heterocycles. The molecule has 2 aliphatic heterocycles. The number of thiazole rings is 1. The Morgan fingerprint density at radius 1 is 1.18 bits per heavy atom. The van der Waals surface area contributed by atoms with Crippen LogP contribution in [0.1, 0.15) is 19.3 Å². The first kappa shape index (κ1) is 15.6. The van der Waals surface area contributed by atoms with Gasteiger partial charge < -0.3 is 20.0 Å². The van der Waals surface area contributed by atoms with Crippen molar-refractivity contribution in [2.75, 3.05) is 57.3 Å². The molecule has 122 valence electrons. The van der Waals surface area contributed by atoms with Gasteiger partial charge in [0, 0.05) is 44.3 Å². The Balaban J connectivity index is 1.31. The smallest absolute Gasteiger partial charge is 0.317 e. The quantitative estimate of drug-likeness (QED) is 0.834. The molecule has 0 atom stereocenters. The second-order valence-corrected chi connectivity index (χ2v) is 6.80. The third-order valence-electron chi connectivity index (χ3n) is 4.38. The fraction of sp³-hybridized carbons (Fsp3) is 0.733. The predicted molar refractivity (Wildman–Crippen MR) is 89.6 cm³/mol. The van der Waals surface area contributed by atoms with Crippen LogP contribution in [-0.4, -0.2) is 73.2 Å². The van der Waals surface area contributed by atoms with E-state index in [0.717, 1.165) is 50.8 Å². The van der Waals surface area contributed by atoms with Gasteiger partial charge in [0.15, 0.2) is 5.13 Å². The van der Waals surface area contributed by atoms with E-state index >= 15 is 0 Å². The molecule has 0 aromatic carbocycles. The lowest BCUT2D eigenvalue weighted by atomic mass is 10.3. The van der Waals surface area contributed by atoms with E-state index in [2.05, 4.69) is 20.1 Å². The van der Waals surface area contributed by atoms with Gasteiger partial charge >= 0.3 is 6.03 Å². The number of nitrogens with zero attached hydrogens (tertiary/aromatic N) is 4. The first-order valence-electron chi connectivity index (χ1n) is 8.22. The minimum absolute atomic E-state index is 0.0835. The van der Waals surface area contributed by atoms with E-state index in [4.69, 9.17) is 0 Å². The Kier molecular flexibility index (Phi) is 5.50. The summed E-state index contributed by atoms with van der Waals surface area (Å²) >= 11 is 1.66. The average molecular weight is 323 g/mol. The van der Waals surface area contributed by atoms with Crippen molar-refractivity contribution in [2.45, 2.75) is 19.3 Å². The third kappa shape index (κ3) is 4.10. The standard InChI is InChI=1S/C15H25N5OS/c21-14(16-4-3-8-18-6-1-2-7-18)19-9-11-20(12-10-19)15-17-5-13-22-15/h5,13H,1-4,6-12H2,(H,16,21). The number of rotatable bonds is 5. The number of aromatic nitrogens is 1. The van der Waals surface area contributed by atoms with Gasteiger partial charge in [-0.05, 0) is 38.9 Å². The second kappa shape index (κ2) is 7.78. The van der Waals surface area contributed by atoms with Crippen molar-refractivity contribution in [2.24, 2.45) is 0 Å². The molecule has 0 radical (unpaired) electrons. The largest absolute Gasteiger partial charge is 0.345 e. The number of anilines is 1. The number of carbonyl (C=O) groups is 1. The Bertz CT molecular complexity index is 453. The fourth-order valence-electron chi connectivity index (χ4n) is 3.09. The average Bonchev–Trinajstić information content (AvgIpc) is 3.25. The van der Waals surface area contributed by atoms with Crippen molar-refractivity contribution >= 4 is 22.5 Å². The zero-order valence-electron chi connectivity index (χ0n) is 13.0. The SMILES string of the molecule is O=C(NCCCN1CCCC1)N1CCN(c2nccs2)CC1. The highest BCUT2D eigenvalue weighted by molar-refractivity contribution is 7.13. The van der Waals surface area contributed by atoms with Crippen molar-refractivity contribution in [1.29, 1.82) is 0 Å². The van der Waals surface area contributed by atoms with Crippen molar-refractivity contribution in [3.05, 3.63) is 11.6 Å². The van der Waals surface area contributed by atoms with Crippen LogP contribution in [-0.2, 0) is 0 Å². The van der Waals surface area contributed by atoms with Crippen molar-refractivity contribution in [3.63, 3.8) is 0 Å². The summed E-state index contributed by atoms with van der Waals surface area (Å²) in [6.45, 7) is 7.64. The molecule has 2 fully saturated rings. The highest BCUT2D eigenvalue weighted by atomic mass is 32.1. The van der Waals surface area contributed by atoms with Crippen LogP contribution in [0.5, 0.6) is 0 Å². The van der Waals surface area contributed by atoms with Crippen molar-refractivity contribution in [3.8, 4) is 0 Å². The Labute approximate surface area is 136 Å². The monoisotopic (exact) mass is 323 g/mol. The topological polar surface area (TPSA) is 51.7 Å². The Hall–Kier alpha value is -1.34. The van der Waals surface area contributed by atoms with Gasteiger partial charge in [-0.15, -0.1) is 11.3 Å². The zero-order chi connectivity index (χ0) is 15.2. The molecule has 3 heterocycles. The summed E-state index contributed by atoms with van der Waals surface area (Å²) in [7, 11) is 0. The molecular formula is C15H25N5OS. The van der Waals surface area contributed by atoms with Gasteiger partial charge in [-0.3, -0.25) is 0 Å². The molecule has 0 aliphatic carbocycles. The molecule has 1 aromatic rings. The van der Waals surface area contributed by atoms with Gasteiger partial charge in [0.2, 0.25) is 0 Å². The maximum atomic E-state index is 12.2. The normalized spacial score (nSPS) is 19.6. The number of likely N-dealkylation sites (tertiary alicyclic amines) is 1. The van der Waals surface area contributed by atoms with E-state index in [1.54, 1.807) is 11.3 Å². The van der Waals surface area contributed by atoms with Crippen LogP contribution in [0.15, 0.2) is 11.6 Å². The van der Waals surface area contributed by atoms with E-state index in [9.17, 15) is 4.79 Å². The molecule has 2 aliphatic rings. The molecule has 6 nitrogen and oxygen atoms in total. The van der Waals surface area contributed by atoms with E-state index < -0.39 is 0 Å². The lowest BCUT2D eigenvalue weighted by Crippen LogP contribution is -2.52. The summed E-state index contributed by atoms with van der Waals surface area (Å²) in [6.07, 6.45) is 5.54. The summed E-state index contributed by atoms with van der Waals surface area (Å²) in [5.74, 6) is 0. The van der Waals surface area contributed by atoms with Crippen LogP contribution in [0.2, 0.25) is 0 Å². The maximum Gasteiger partial charge on any atom is 0.317 e. The van der Waals surface area contributed by atoms with Crippen LogP contribution in [0.3, 0.4) is 0 Å². The number of urea groups is 1. The zero-order valence-corrected chi connectivity index (χ0v) is 13.9. The molecule has 0 spiro atoms. The summed E-state index contributed by atoms with van der Waals surface area (Å²) in [4.78, 5) is 23.1. The number of piperazine rings is 1. The third-order valence-corrected chi connectivity index (χ3v) is 5.21. The molecule has 0 unspecified atom stereocenters. The lowest BCUT2D eigenvalue weighted by molar-refractivity contribution is 0.193. The van der Waals surface area contributed by atoms with Gasteiger partial charge in [-0.1, -0.05) is 0 Å². The van der Waals surface area contributed by atoms with Gasteiger partial charge in [0.1, 0.15) is 0 Å². The molecular weight excluding hydrogens is 298 g/mol. The number of amides is 2. The fourth-order valence-corrected chi connectivity index (χ4v) is 3.79. The lowest BCUT2D eigenvalue weighted by Gasteiger charge is -2.34. The number of hydrogen-bond donors (Lipinski definition) is 1. The van der Waals surface area contributed by atoms with Crippen LogP contribution in [0, 0.1) is 0 Å². The summed E-state index contributed by atoms with van der Waals surface area (Å²) in [6, 6.07) is 0.0835. The van der Waals surface area contributed by atoms with Crippen molar-refractivity contribution < 1.29 is 4.79 Å². The molecule has 1 N–H and O–H groups in total. The Morgan fingerprint density at radius 3 is 2.64 bits per heavy atom. The van der Waals surface area contributed by atoms with Crippen LogP contribution >= 0.6 is 11.3 Å². The summed E-state index contributed by atoms with van der Waals surface area (Å²) in [5.41, 5.74) is 0. The molecule has 7 heteroatoms. The highest BCUT2D eigenvalue weighted by Crippen LogP contribution is 2.18. The maximum absolute atomic E-state index is 12.2. The van der Waals surface area contributed by atoms with E-state index in [1.165, 1.54) is 25.9 Å².